The van der Waals surface area contributed by atoms with Crippen LogP contribution in [0.3, 0.4) is 0 Å². The van der Waals surface area contributed by atoms with Crippen LogP contribution in [0.25, 0.3) is 0 Å². The summed E-state index contributed by atoms with van der Waals surface area (Å²) in [7, 11) is 0. The monoisotopic (exact) mass is 426 g/mol. The molecule has 0 saturated heterocycles. The highest BCUT2D eigenvalue weighted by atomic mass is 19.4. The molecule has 0 spiro atoms. The summed E-state index contributed by atoms with van der Waals surface area (Å²) in [5.74, 6) is 1.24. The normalized spacial score (nSPS) is 20.2. The Hall–Kier alpha value is -2.11. The lowest BCUT2D eigenvalue weighted by Crippen LogP contribution is -2.22. The molecule has 1 aliphatic carbocycles. The van der Waals surface area contributed by atoms with E-state index in [0.29, 0.717) is 5.92 Å². The molecule has 2 aromatic carbocycles. The SMILES string of the molecule is CCC1CCC(CCc2ccc(C(F)(F)Oc3ccc(C(F)(F)F)cc3)cc2)CC1. The molecule has 0 atom stereocenters. The third kappa shape index (κ3) is 5.96. The summed E-state index contributed by atoms with van der Waals surface area (Å²) < 4.78 is 71.3. The lowest BCUT2D eigenvalue weighted by Gasteiger charge is -2.27. The molecule has 1 aliphatic rings. The van der Waals surface area contributed by atoms with Gasteiger partial charge in [-0.2, -0.15) is 22.0 Å². The highest BCUT2D eigenvalue weighted by molar-refractivity contribution is 5.31. The summed E-state index contributed by atoms with van der Waals surface area (Å²) in [6.45, 7) is 2.24. The van der Waals surface area contributed by atoms with Crippen LogP contribution >= 0.6 is 0 Å². The van der Waals surface area contributed by atoms with Crippen LogP contribution in [0.2, 0.25) is 0 Å². The summed E-state index contributed by atoms with van der Waals surface area (Å²) in [5.41, 5.74) is -0.234. The van der Waals surface area contributed by atoms with E-state index in [1.807, 2.05) is 0 Å². The summed E-state index contributed by atoms with van der Waals surface area (Å²) in [4.78, 5) is 0. The molecule has 0 unspecified atom stereocenters. The first-order valence-corrected chi connectivity index (χ1v) is 10.5. The molecule has 0 aliphatic heterocycles. The largest absolute Gasteiger partial charge is 0.429 e. The Balaban J connectivity index is 1.55. The van der Waals surface area contributed by atoms with Gasteiger partial charge >= 0.3 is 12.3 Å². The van der Waals surface area contributed by atoms with Gasteiger partial charge in [0.1, 0.15) is 5.75 Å². The van der Waals surface area contributed by atoms with E-state index in [0.717, 1.165) is 48.6 Å². The molecule has 6 heteroatoms. The van der Waals surface area contributed by atoms with Crippen LogP contribution in [0.4, 0.5) is 22.0 Å². The van der Waals surface area contributed by atoms with Crippen molar-refractivity contribution in [3.63, 3.8) is 0 Å². The van der Waals surface area contributed by atoms with Crippen LogP contribution in [-0.2, 0) is 18.7 Å². The first-order chi connectivity index (χ1) is 14.2. The third-order valence-corrected chi connectivity index (χ3v) is 6.10. The maximum Gasteiger partial charge on any atom is 0.426 e. The van der Waals surface area contributed by atoms with Crippen molar-refractivity contribution in [3.05, 3.63) is 65.2 Å². The minimum atomic E-state index is -4.52. The van der Waals surface area contributed by atoms with E-state index < -0.39 is 17.8 Å². The fourth-order valence-electron chi connectivity index (χ4n) is 4.08. The zero-order valence-corrected chi connectivity index (χ0v) is 17.0. The molecule has 0 radical (unpaired) electrons. The number of alkyl halides is 5. The van der Waals surface area contributed by atoms with Gasteiger partial charge in [-0.1, -0.05) is 51.2 Å². The highest BCUT2D eigenvalue weighted by Crippen LogP contribution is 2.35. The van der Waals surface area contributed by atoms with Gasteiger partial charge in [-0.25, -0.2) is 0 Å². The predicted octanol–water partition coefficient (Wildman–Crippen LogP) is 7.98. The van der Waals surface area contributed by atoms with Gasteiger partial charge in [-0.3, -0.25) is 0 Å². The predicted molar refractivity (Wildman–Crippen MR) is 106 cm³/mol. The quantitative estimate of drug-likeness (QED) is 0.408. The number of rotatable bonds is 7. The number of halogens is 5. The summed E-state index contributed by atoms with van der Waals surface area (Å²) in [5, 5.41) is 0. The van der Waals surface area contributed by atoms with E-state index >= 15 is 0 Å². The Morgan fingerprint density at radius 1 is 0.767 bits per heavy atom. The average molecular weight is 426 g/mol. The number of benzene rings is 2. The van der Waals surface area contributed by atoms with E-state index in [2.05, 4.69) is 11.7 Å². The van der Waals surface area contributed by atoms with Crippen molar-refractivity contribution < 1.29 is 26.7 Å². The van der Waals surface area contributed by atoms with Gasteiger partial charge in [0.05, 0.1) is 11.1 Å². The van der Waals surface area contributed by atoms with Gasteiger partial charge in [0, 0.05) is 0 Å². The molecule has 1 fully saturated rings. The van der Waals surface area contributed by atoms with Gasteiger partial charge < -0.3 is 4.74 Å². The first-order valence-electron chi connectivity index (χ1n) is 10.5. The molecule has 0 bridgehead atoms. The van der Waals surface area contributed by atoms with Crippen LogP contribution in [0, 0.1) is 11.8 Å². The van der Waals surface area contributed by atoms with Crippen LogP contribution in [0.15, 0.2) is 48.5 Å². The van der Waals surface area contributed by atoms with Gasteiger partial charge in [0.15, 0.2) is 0 Å². The summed E-state index contributed by atoms with van der Waals surface area (Å²) in [6.07, 6.45) is 0.0771. The summed E-state index contributed by atoms with van der Waals surface area (Å²) >= 11 is 0. The second-order valence-electron chi connectivity index (χ2n) is 8.17. The molecular weight excluding hydrogens is 399 g/mol. The van der Waals surface area contributed by atoms with Crippen LogP contribution in [0.1, 0.15) is 62.1 Å². The Kier molecular flexibility index (Phi) is 7.04. The fourth-order valence-corrected chi connectivity index (χ4v) is 4.08. The molecular formula is C24H27F5O. The van der Waals surface area contributed by atoms with Gasteiger partial charge in [0.2, 0.25) is 0 Å². The molecule has 164 valence electrons. The zero-order chi connectivity index (χ0) is 21.8. The third-order valence-electron chi connectivity index (χ3n) is 6.10. The minimum absolute atomic E-state index is 0.320. The van der Waals surface area contributed by atoms with Gasteiger partial charge in [-0.15, -0.1) is 0 Å². The molecule has 0 amide bonds. The Morgan fingerprint density at radius 3 is 1.83 bits per heavy atom. The summed E-state index contributed by atoms with van der Waals surface area (Å²) in [6, 6.07) is 9.26. The lowest BCUT2D eigenvalue weighted by atomic mass is 9.78. The van der Waals surface area contributed by atoms with Gasteiger partial charge in [0.25, 0.3) is 0 Å². The van der Waals surface area contributed by atoms with E-state index in [-0.39, 0.29) is 11.3 Å². The molecule has 0 N–H and O–H groups in total. The lowest BCUT2D eigenvalue weighted by molar-refractivity contribution is -0.185. The molecule has 2 aromatic rings. The smallest absolute Gasteiger partial charge is 0.426 e. The van der Waals surface area contributed by atoms with E-state index in [1.165, 1.54) is 44.2 Å². The topological polar surface area (TPSA) is 9.23 Å². The first kappa shape index (κ1) is 22.6. The molecule has 1 nitrogen and oxygen atoms in total. The van der Waals surface area contributed by atoms with Crippen LogP contribution < -0.4 is 4.74 Å². The fraction of sp³-hybridized carbons (Fsp3) is 0.500. The van der Waals surface area contributed by atoms with Crippen molar-refractivity contribution in [1.82, 2.24) is 0 Å². The van der Waals surface area contributed by atoms with Crippen molar-refractivity contribution in [2.24, 2.45) is 11.8 Å². The second-order valence-corrected chi connectivity index (χ2v) is 8.17. The molecule has 30 heavy (non-hydrogen) atoms. The van der Waals surface area contributed by atoms with Crippen molar-refractivity contribution in [3.8, 4) is 5.75 Å². The maximum absolute atomic E-state index is 14.4. The molecule has 0 aromatic heterocycles. The van der Waals surface area contributed by atoms with Crippen molar-refractivity contribution in [1.29, 1.82) is 0 Å². The second kappa shape index (κ2) is 9.36. The number of ether oxygens (including phenoxy) is 1. The van der Waals surface area contributed by atoms with Crippen molar-refractivity contribution in [2.45, 2.75) is 64.2 Å². The Bertz CT molecular complexity index is 788. The zero-order valence-electron chi connectivity index (χ0n) is 17.0. The number of hydrogen-bond acceptors (Lipinski definition) is 1. The highest BCUT2D eigenvalue weighted by Gasteiger charge is 2.35. The molecule has 0 heterocycles. The molecule has 3 rings (SSSR count). The van der Waals surface area contributed by atoms with Gasteiger partial charge in [-0.05, 0) is 66.6 Å². The van der Waals surface area contributed by atoms with Crippen molar-refractivity contribution >= 4 is 0 Å². The standard InChI is InChI=1S/C24H27F5O/c1-2-17-3-5-18(6-4-17)7-8-19-9-11-21(12-10-19)24(28,29)30-22-15-13-20(14-16-22)23(25,26)27/h9-18H,2-8H2,1H3. The van der Waals surface area contributed by atoms with E-state index in [1.54, 1.807) is 12.1 Å². The van der Waals surface area contributed by atoms with E-state index in [9.17, 15) is 22.0 Å². The average Bonchev–Trinajstić information content (AvgIpc) is 2.72. The minimum Gasteiger partial charge on any atom is -0.429 e. The van der Waals surface area contributed by atoms with Crippen molar-refractivity contribution in [2.75, 3.05) is 0 Å². The number of hydrogen-bond donors (Lipinski definition) is 0. The Labute approximate surface area is 174 Å². The van der Waals surface area contributed by atoms with Crippen LogP contribution in [0.5, 0.6) is 5.75 Å². The number of aryl methyl sites for hydroxylation is 1. The van der Waals surface area contributed by atoms with Crippen LogP contribution in [-0.4, -0.2) is 0 Å². The molecule has 1 saturated carbocycles. The maximum atomic E-state index is 14.4. The Morgan fingerprint density at radius 2 is 1.30 bits per heavy atom. The van der Waals surface area contributed by atoms with E-state index in [4.69, 9.17) is 0 Å².